The standard InChI is InChI=1S/C39H52O4/c1-26(2)36(6,7)33(40)27-14-16-28(17-15-27)34(41)38(10,11)39(12,13)43-32-24-20-30(21-25-32)37(8,9)29-18-22-31(23-19-29)42-35(3,4)5/h14-26H,1-13H3. The van der Waals surface area contributed by atoms with E-state index in [1.54, 1.807) is 24.3 Å². The number of benzene rings is 3. The van der Waals surface area contributed by atoms with E-state index in [1.165, 1.54) is 5.56 Å². The number of hydrogen-bond acceptors (Lipinski definition) is 4. The van der Waals surface area contributed by atoms with Crippen molar-refractivity contribution in [3.05, 3.63) is 95.1 Å². The molecule has 0 saturated carbocycles. The van der Waals surface area contributed by atoms with Gasteiger partial charge < -0.3 is 9.47 Å². The fourth-order valence-electron chi connectivity index (χ4n) is 4.86. The molecule has 0 spiro atoms. The van der Waals surface area contributed by atoms with Crippen LogP contribution in [0.5, 0.6) is 11.5 Å². The third-order valence-electron chi connectivity index (χ3n) is 9.46. The van der Waals surface area contributed by atoms with Crippen LogP contribution in [0.2, 0.25) is 0 Å². The van der Waals surface area contributed by atoms with Crippen LogP contribution in [-0.2, 0) is 5.41 Å². The third-order valence-corrected chi connectivity index (χ3v) is 9.46. The van der Waals surface area contributed by atoms with Gasteiger partial charge in [-0.05, 0) is 89.8 Å². The van der Waals surface area contributed by atoms with E-state index in [4.69, 9.17) is 9.47 Å². The van der Waals surface area contributed by atoms with Gasteiger partial charge in [0.25, 0.3) is 0 Å². The van der Waals surface area contributed by atoms with Gasteiger partial charge in [-0.2, -0.15) is 0 Å². The summed E-state index contributed by atoms with van der Waals surface area (Å²) in [5, 5.41) is 0. The van der Waals surface area contributed by atoms with Crippen molar-refractivity contribution in [3.8, 4) is 11.5 Å². The number of rotatable bonds is 11. The van der Waals surface area contributed by atoms with Gasteiger partial charge in [-0.1, -0.05) is 90.1 Å². The van der Waals surface area contributed by atoms with Crippen molar-refractivity contribution in [2.24, 2.45) is 16.7 Å². The summed E-state index contributed by atoms with van der Waals surface area (Å²) < 4.78 is 12.5. The molecule has 0 radical (unpaired) electrons. The average Bonchev–Trinajstić information content (AvgIpc) is 2.91. The van der Waals surface area contributed by atoms with Gasteiger partial charge in [0.1, 0.15) is 22.7 Å². The van der Waals surface area contributed by atoms with Crippen molar-refractivity contribution in [1.29, 1.82) is 0 Å². The molecule has 0 aliphatic rings. The summed E-state index contributed by atoms with van der Waals surface area (Å²) in [5.41, 5.74) is 0.955. The van der Waals surface area contributed by atoms with Crippen molar-refractivity contribution in [2.75, 3.05) is 0 Å². The molecule has 0 atom stereocenters. The van der Waals surface area contributed by atoms with Crippen LogP contribution in [0, 0.1) is 16.7 Å². The van der Waals surface area contributed by atoms with Crippen LogP contribution in [0.4, 0.5) is 0 Å². The zero-order valence-corrected chi connectivity index (χ0v) is 28.6. The predicted molar refractivity (Wildman–Crippen MR) is 178 cm³/mol. The van der Waals surface area contributed by atoms with Gasteiger partial charge in [0, 0.05) is 22.0 Å². The summed E-state index contributed by atoms with van der Waals surface area (Å²) in [6, 6.07) is 23.5. The highest BCUT2D eigenvalue weighted by Crippen LogP contribution is 2.40. The van der Waals surface area contributed by atoms with E-state index < -0.39 is 16.4 Å². The van der Waals surface area contributed by atoms with Crippen LogP contribution < -0.4 is 9.47 Å². The second-order valence-corrected chi connectivity index (χ2v) is 15.2. The molecule has 0 aliphatic heterocycles. The predicted octanol–water partition coefficient (Wildman–Crippen LogP) is 10.1. The fraction of sp³-hybridized carbons (Fsp3) is 0.487. The summed E-state index contributed by atoms with van der Waals surface area (Å²) in [7, 11) is 0. The molecule has 3 rings (SSSR count). The summed E-state index contributed by atoms with van der Waals surface area (Å²) in [6.07, 6.45) is 0. The normalized spacial score (nSPS) is 13.2. The lowest BCUT2D eigenvalue weighted by molar-refractivity contribution is -0.000715. The molecule has 0 aromatic heterocycles. The van der Waals surface area contributed by atoms with Crippen LogP contribution in [-0.4, -0.2) is 22.8 Å². The Kier molecular flexibility index (Phi) is 9.47. The number of Topliss-reactive ketones (excluding diaryl/α,β-unsaturated/α-hetero) is 2. The fourth-order valence-corrected chi connectivity index (χ4v) is 4.86. The van der Waals surface area contributed by atoms with E-state index in [-0.39, 0.29) is 28.5 Å². The molecule has 4 nitrogen and oxygen atoms in total. The number of ketones is 2. The topological polar surface area (TPSA) is 52.6 Å². The van der Waals surface area contributed by atoms with Crippen LogP contribution in [0.1, 0.15) is 122 Å². The smallest absolute Gasteiger partial charge is 0.172 e. The first-order chi connectivity index (χ1) is 19.6. The molecular formula is C39H52O4. The Morgan fingerprint density at radius 1 is 0.535 bits per heavy atom. The van der Waals surface area contributed by atoms with E-state index >= 15 is 0 Å². The van der Waals surface area contributed by atoms with Crippen molar-refractivity contribution in [1.82, 2.24) is 0 Å². The Morgan fingerprint density at radius 2 is 0.907 bits per heavy atom. The summed E-state index contributed by atoms with van der Waals surface area (Å²) in [4.78, 5) is 26.8. The van der Waals surface area contributed by atoms with E-state index in [0.29, 0.717) is 16.9 Å². The lowest BCUT2D eigenvalue weighted by Gasteiger charge is -2.40. The summed E-state index contributed by atoms with van der Waals surface area (Å²) in [6.45, 7) is 26.3. The maximum atomic E-state index is 13.8. The van der Waals surface area contributed by atoms with Crippen LogP contribution in [0.15, 0.2) is 72.8 Å². The Balaban J connectivity index is 1.76. The Bertz CT molecular complexity index is 1410. The molecule has 0 fully saturated rings. The first-order valence-corrected chi connectivity index (χ1v) is 15.4. The molecule has 43 heavy (non-hydrogen) atoms. The van der Waals surface area contributed by atoms with Gasteiger partial charge in [0.05, 0.1) is 5.41 Å². The minimum Gasteiger partial charge on any atom is -0.488 e. The average molecular weight is 585 g/mol. The summed E-state index contributed by atoms with van der Waals surface area (Å²) in [5.74, 6) is 1.82. The van der Waals surface area contributed by atoms with Gasteiger partial charge in [-0.25, -0.2) is 0 Å². The molecule has 0 unspecified atom stereocenters. The SMILES string of the molecule is CC(C)C(C)(C)C(=O)c1ccc(C(=O)C(C)(C)C(C)(C)Oc2ccc(C(C)(C)c3ccc(OC(C)(C)C)cc3)cc2)cc1. The largest absolute Gasteiger partial charge is 0.488 e. The number of carbonyl (C=O) groups excluding carboxylic acids is 2. The monoisotopic (exact) mass is 584 g/mol. The Labute approximate surface area is 260 Å². The highest BCUT2D eigenvalue weighted by Gasteiger charge is 2.45. The number of carbonyl (C=O) groups is 2. The molecule has 0 aliphatic carbocycles. The molecule has 3 aromatic rings. The lowest BCUT2D eigenvalue weighted by Crippen LogP contribution is -2.49. The van der Waals surface area contributed by atoms with E-state index in [2.05, 4.69) is 52.0 Å². The number of hydrogen-bond donors (Lipinski definition) is 0. The van der Waals surface area contributed by atoms with E-state index in [9.17, 15) is 9.59 Å². The van der Waals surface area contributed by atoms with Crippen molar-refractivity contribution in [2.45, 2.75) is 107 Å². The van der Waals surface area contributed by atoms with Crippen LogP contribution in [0.3, 0.4) is 0 Å². The Morgan fingerprint density at radius 3 is 1.28 bits per heavy atom. The first-order valence-electron chi connectivity index (χ1n) is 15.4. The van der Waals surface area contributed by atoms with E-state index in [0.717, 1.165) is 11.3 Å². The van der Waals surface area contributed by atoms with Crippen LogP contribution >= 0.6 is 0 Å². The lowest BCUT2D eigenvalue weighted by atomic mass is 9.71. The van der Waals surface area contributed by atoms with Gasteiger partial charge in [-0.15, -0.1) is 0 Å². The highest BCUT2D eigenvalue weighted by molar-refractivity contribution is 6.03. The molecule has 4 heteroatoms. The maximum Gasteiger partial charge on any atom is 0.172 e. The minimum absolute atomic E-state index is 0.0312. The van der Waals surface area contributed by atoms with Gasteiger partial charge in [0.2, 0.25) is 0 Å². The van der Waals surface area contributed by atoms with Crippen molar-refractivity contribution in [3.63, 3.8) is 0 Å². The minimum atomic E-state index is -0.843. The van der Waals surface area contributed by atoms with Crippen molar-refractivity contribution < 1.29 is 19.1 Å². The maximum absolute atomic E-state index is 13.8. The zero-order chi connectivity index (χ0) is 32.6. The molecule has 0 N–H and O–H groups in total. The molecule has 232 valence electrons. The molecule has 0 saturated heterocycles. The summed E-state index contributed by atoms with van der Waals surface area (Å²) >= 11 is 0. The van der Waals surface area contributed by atoms with Gasteiger partial charge in [-0.3, -0.25) is 9.59 Å². The molecule has 0 amide bonds. The molecule has 0 heterocycles. The second-order valence-electron chi connectivity index (χ2n) is 15.2. The van der Waals surface area contributed by atoms with Crippen LogP contribution in [0.25, 0.3) is 0 Å². The molecule has 3 aromatic carbocycles. The quantitative estimate of drug-likeness (QED) is 0.210. The number of ether oxygens (including phenoxy) is 2. The van der Waals surface area contributed by atoms with Gasteiger partial charge in [0.15, 0.2) is 11.6 Å². The first kappa shape index (κ1) is 34.1. The van der Waals surface area contributed by atoms with Crippen molar-refractivity contribution >= 4 is 11.6 Å². The third kappa shape index (κ3) is 7.40. The van der Waals surface area contributed by atoms with Gasteiger partial charge >= 0.3 is 0 Å². The van der Waals surface area contributed by atoms with E-state index in [1.807, 2.05) is 86.6 Å². The highest BCUT2D eigenvalue weighted by atomic mass is 16.5. The zero-order valence-electron chi connectivity index (χ0n) is 28.6. The second kappa shape index (κ2) is 11.9. The Hall–Kier alpha value is -3.40. The molecular weight excluding hydrogens is 532 g/mol. The molecule has 0 bridgehead atoms.